The first-order valence-corrected chi connectivity index (χ1v) is 5.29. The molecular formula is C12H22O. The summed E-state index contributed by atoms with van der Waals surface area (Å²) in [6.45, 7) is 8.54. The van der Waals surface area contributed by atoms with Gasteiger partial charge in [-0.05, 0) is 43.6 Å². The molecule has 0 aromatic rings. The molecule has 0 bridgehead atoms. The molecule has 1 N–H and O–H groups in total. The fourth-order valence-electron chi connectivity index (χ4n) is 1.95. The lowest BCUT2D eigenvalue weighted by molar-refractivity contribution is 0.0799. The second-order valence-corrected chi connectivity index (χ2v) is 5.24. The van der Waals surface area contributed by atoms with Crippen molar-refractivity contribution in [2.45, 2.75) is 59.0 Å². The second kappa shape index (κ2) is 3.45. The van der Waals surface area contributed by atoms with Crippen molar-refractivity contribution in [1.29, 1.82) is 0 Å². The van der Waals surface area contributed by atoms with Crippen molar-refractivity contribution in [3.8, 4) is 0 Å². The quantitative estimate of drug-likeness (QED) is 0.650. The zero-order valence-corrected chi connectivity index (χ0v) is 9.35. The maximum atomic E-state index is 10.1. The van der Waals surface area contributed by atoms with Crippen LogP contribution in [-0.4, -0.2) is 10.7 Å². The smallest absolute Gasteiger partial charge is 0.0826 e. The van der Waals surface area contributed by atoms with E-state index in [1.807, 2.05) is 13.8 Å². The van der Waals surface area contributed by atoms with Crippen LogP contribution in [-0.2, 0) is 0 Å². The van der Waals surface area contributed by atoms with Crippen LogP contribution in [0.5, 0.6) is 0 Å². The first-order valence-electron chi connectivity index (χ1n) is 5.29. The van der Waals surface area contributed by atoms with Gasteiger partial charge in [-0.15, -0.1) is 0 Å². The number of hydrogen-bond donors (Lipinski definition) is 1. The molecule has 1 nitrogen and oxygen atoms in total. The second-order valence-electron chi connectivity index (χ2n) is 5.24. The molecule has 0 saturated carbocycles. The van der Waals surface area contributed by atoms with Crippen LogP contribution in [0.1, 0.15) is 53.4 Å². The zero-order chi connectivity index (χ0) is 10.1. The molecular weight excluding hydrogens is 160 g/mol. The van der Waals surface area contributed by atoms with Gasteiger partial charge in [-0.25, -0.2) is 0 Å². The minimum atomic E-state index is -0.572. The van der Waals surface area contributed by atoms with Crippen LogP contribution in [0, 0.1) is 5.41 Å². The molecule has 13 heavy (non-hydrogen) atoms. The Morgan fingerprint density at radius 3 is 2.62 bits per heavy atom. The van der Waals surface area contributed by atoms with Crippen molar-refractivity contribution >= 4 is 0 Å². The highest BCUT2D eigenvalue weighted by atomic mass is 16.3. The Labute approximate surface area is 81.9 Å². The Hall–Kier alpha value is -0.300. The third kappa shape index (κ3) is 2.57. The largest absolute Gasteiger partial charge is 0.386 e. The third-order valence-corrected chi connectivity index (χ3v) is 3.26. The first-order chi connectivity index (χ1) is 5.87. The van der Waals surface area contributed by atoms with E-state index in [1.54, 1.807) is 0 Å². The van der Waals surface area contributed by atoms with E-state index in [1.165, 1.54) is 12.0 Å². The molecule has 0 aromatic heterocycles. The summed E-state index contributed by atoms with van der Waals surface area (Å²) < 4.78 is 0. The maximum Gasteiger partial charge on any atom is 0.0826 e. The van der Waals surface area contributed by atoms with Gasteiger partial charge in [0.2, 0.25) is 0 Å². The molecule has 0 spiro atoms. The summed E-state index contributed by atoms with van der Waals surface area (Å²) in [5.74, 6) is 0. The van der Waals surface area contributed by atoms with E-state index in [0.717, 1.165) is 19.3 Å². The molecule has 0 heterocycles. The van der Waals surface area contributed by atoms with E-state index < -0.39 is 5.60 Å². The summed E-state index contributed by atoms with van der Waals surface area (Å²) in [5, 5.41) is 10.1. The van der Waals surface area contributed by atoms with Crippen molar-refractivity contribution in [2.75, 3.05) is 0 Å². The fourth-order valence-corrected chi connectivity index (χ4v) is 1.95. The van der Waals surface area contributed by atoms with Gasteiger partial charge in [-0.2, -0.15) is 0 Å². The molecule has 0 radical (unpaired) electrons. The lowest BCUT2D eigenvalue weighted by Crippen LogP contribution is -2.31. The van der Waals surface area contributed by atoms with E-state index in [4.69, 9.17) is 0 Å². The summed E-state index contributed by atoms with van der Waals surface area (Å²) in [6, 6.07) is 0. The van der Waals surface area contributed by atoms with E-state index in [-0.39, 0.29) is 0 Å². The summed E-state index contributed by atoms with van der Waals surface area (Å²) in [7, 11) is 0. The molecule has 0 aliphatic heterocycles. The van der Waals surface area contributed by atoms with Gasteiger partial charge in [0.25, 0.3) is 0 Å². The average Bonchev–Trinajstić information content (AvgIpc) is 2.03. The highest BCUT2D eigenvalue weighted by Crippen LogP contribution is 2.39. The first kappa shape index (κ1) is 10.8. The predicted octanol–water partition coefficient (Wildman–Crippen LogP) is 3.28. The molecule has 1 aliphatic carbocycles. The molecule has 0 fully saturated rings. The summed E-state index contributed by atoms with van der Waals surface area (Å²) in [4.78, 5) is 0. The van der Waals surface area contributed by atoms with Gasteiger partial charge in [-0.1, -0.05) is 26.8 Å². The normalized spacial score (nSPS) is 26.4. The van der Waals surface area contributed by atoms with Gasteiger partial charge in [0.15, 0.2) is 0 Å². The maximum absolute atomic E-state index is 10.1. The monoisotopic (exact) mass is 182 g/mol. The average molecular weight is 182 g/mol. The molecule has 0 saturated heterocycles. The van der Waals surface area contributed by atoms with Crippen LogP contribution < -0.4 is 0 Å². The molecule has 0 aromatic carbocycles. The topological polar surface area (TPSA) is 20.2 Å². The molecule has 1 aliphatic rings. The summed E-state index contributed by atoms with van der Waals surface area (Å²) in [5.41, 5.74) is 1.05. The Balaban J connectivity index is 2.77. The van der Waals surface area contributed by atoms with Crippen LogP contribution in [0.3, 0.4) is 0 Å². The van der Waals surface area contributed by atoms with Crippen LogP contribution in [0.25, 0.3) is 0 Å². The summed E-state index contributed by atoms with van der Waals surface area (Å²) in [6.07, 6.45) is 6.46. The minimum absolute atomic E-state index is 0.378. The van der Waals surface area contributed by atoms with Crippen LogP contribution >= 0.6 is 0 Å². The van der Waals surface area contributed by atoms with Crippen molar-refractivity contribution < 1.29 is 5.11 Å². The van der Waals surface area contributed by atoms with Crippen LogP contribution in [0.2, 0.25) is 0 Å². The van der Waals surface area contributed by atoms with Crippen molar-refractivity contribution in [2.24, 2.45) is 5.41 Å². The van der Waals surface area contributed by atoms with Crippen molar-refractivity contribution in [3.05, 3.63) is 11.6 Å². The van der Waals surface area contributed by atoms with E-state index >= 15 is 0 Å². The predicted molar refractivity (Wildman–Crippen MR) is 56.6 cm³/mol. The molecule has 1 unspecified atom stereocenters. The number of aliphatic hydroxyl groups is 1. The van der Waals surface area contributed by atoms with Gasteiger partial charge >= 0.3 is 0 Å². The van der Waals surface area contributed by atoms with E-state index in [0.29, 0.717) is 5.41 Å². The highest BCUT2D eigenvalue weighted by Gasteiger charge is 2.31. The molecule has 1 atom stereocenters. The minimum Gasteiger partial charge on any atom is -0.386 e. The molecule has 0 amide bonds. The van der Waals surface area contributed by atoms with Crippen molar-refractivity contribution in [1.82, 2.24) is 0 Å². The SMILES string of the molecule is CCC(C)(O)C1=CCCC(C)(C)C1. The fraction of sp³-hybridized carbons (Fsp3) is 0.833. The van der Waals surface area contributed by atoms with Gasteiger partial charge in [0.05, 0.1) is 5.60 Å². The van der Waals surface area contributed by atoms with Gasteiger partial charge in [0, 0.05) is 0 Å². The molecule has 1 heteroatoms. The number of allylic oxidation sites excluding steroid dienone is 1. The lowest BCUT2D eigenvalue weighted by atomic mass is 9.72. The summed E-state index contributed by atoms with van der Waals surface area (Å²) >= 11 is 0. The van der Waals surface area contributed by atoms with Gasteiger partial charge < -0.3 is 5.11 Å². The Morgan fingerprint density at radius 1 is 1.54 bits per heavy atom. The number of rotatable bonds is 2. The lowest BCUT2D eigenvalue weighted by Gasteiger charge is -2.36. The third-order valence-electron chi connectivity index (χ3n) is 3.26. The highest BCUT2D eigenvalue weighted by molar-refractivity contribution is 5.19. The molecule has 76 valence electrons. The zero-order valence-electron chi connectivity index (χ0n) is 9.35. The Bertz CT molecular complexity index is 211. The van der Waals surface area contributed by atoms with Crippen molar-refractivity contribution in [3.63, 3.8) is 0 Å². The van der Waals surface area contributed by atoms with Gasteiger partial charge in [0.1, 0.15) is 0 Å². The van der Waals surface area contributed by atoms with E-state index in [9.17, 15) is 5.11 Å². The number of hydrogen-bond acceptors (Lipinski definition) is 1. The van der Waals surface area contributed by atoms with Crippen LogP contribution in [0.4, 0.5) is 0 Å². The standard InChI is InChI=1S/C12H22O/c1-5-12(4,13)10-7-6-8-11(2,3)9-10/h7,13H,5-6,8-9H2,1-4H3. The van der Waals surface area contributed by atoms with E-state index in [2.05, 4.69) is 19.9 Å². The Kier molecular flexibility index (Phi) is 2.86. The molecule has 1 rings (SSSR count). The Morgan fingerprint density at radius 2 is 2.15 bits per heavy atom. The van der Waals surface area contributed by atoms with Crippen LogP contribution in [0.15, 0.2) is 11.6 Å². The van der Waals surface area contributed by atoms with Gasteiger partial charge in [-0.3, -0.25) is 0 Å².